The van der Waals surface area contributed by atoms with Crippen LogP contribution in [0.3, 0.4) is 0 Å². The van der Waals surface area contributed by atoms with E-state index in [0.717, 1.165) is 11.4 Å². The number of benzene rings is 2. The van der Waals surface area contributed by atoms with Crippen molar-refractivity contribution in [3.05, 3.63) is 60.7 Å². The van der Waals surface area contributed by atoms with Crippen LogP contribution in [0.1, 0.15) is 20.8 Å². The van der Waals surface area contributed by atoms with Gasteiger partial charge < -0.3 is 4.43 Å². The van der Waals surface area contributed by atoms with Crippen LogP contribution < -0.4 is 4.67 Å². The third-order valence-corrected chi connectivity index (χ3v) is 10.8. The van der Waals surface area contributed by atoms with Gasteiger partial charge in [0, 0.05) is 0 Å². The first kappa shape index (κ1) is 19.8. The summed E-state index contributed by atoms with van der Waals surface area (Å²) in [4.78, 5) is 0. The van der Waals surface area contributed by atoms with Gasteiger partial charge in [-0.25, -0.2) is 0 Å². The van der Waals surface area contributed by atoms with E-state index in [2.05, 4.69) is 33.9 Å². The molecule has 0 bridgehead atoms. The Kier molecular flexibility index (Phi) is 6.56. The topological polar surface area (TPSA) is 29.5 Å². The molecule has 0 amide bonds. The zero-order valence-electron chi connectivity index (χ0n) is 15.9. The molecule has 0 saturated heterocycles. The molecule has 3 nitrogen and oxygen atoms in total. The molecule has 2 rings (SSSR count). The Labute approximate surface area is 154 Å². The SMILES string of the molecule is CC(C)(C)[Si](C)(C)OCC[P+](=O)N(c1ccccc1)c1ccccc1. The predicted molar refractivity (Wildman–Crippen MR) is 111 cm³/mol. The lowest BCUT2D eigenvalue weighted by atomic mass is 10.2. The number of rotatable bonds is 7. The summed E-state index contributed by atoms with van der Waals surface area (Å²) in [6.45, 7) is 11.7. The van der Waals surface area contributed by atoms with Gasteiger partial charge in [-0.1, -0.05) is 57.2 Å². The van der Waals surface area contributed by atoms with Crippen molar-refractivity contribution in [3.8, 4) is 0 Å². The van der Waals surface area contributed by atoms with E-state index in [0.29, 0.717) is 12.8 Å². The first-order valence-electron chi connectivity index (χ1n) is 8.71. The molecule has 5 heteroatoms. The smallest absolute Gasteiger partial charge is 0.412 e. The molecule has 2 aromatic carbocycles. The van der Waals surface area contributed by atoms with Crippen LogP contribution in [0.2, 0.25) is 18.1 Å². The molecule has 1 unspecified atom stereocenters. The summed E-state index contributed by atoms with van der Waals surface area (Å²) >= 11 is 0. The van der Waals surface area contributed by atoms with Crippen molar-refractivity contribution >= 4 is 27.6 Å². The van der Waals surface area contributed by atoms with E-state index >= 15 is 0 Å². The monoisotopic (exact) mass is 374 g/mol. The van der Waals surface area contributed by atoms with Crippen molar-refractivity contribution in [2.45, 2.75) is 38.9 Å². The summed E-state index contributed by atoms with van der Waals surface area (Å²) in [5, 5.41) is 0.164. The molecule has 0 spiro atoms. The first-order valence-corrected chi connectivity index (χ1v) is 13.0. The summed E-state index contributed by atoms with van der Waals surface area (Å²) < 4.78 is 21.2. The molecule has 0 aliphatic rings. The fourth-order valence-electron chi connectivity index (χ4n) is 2.24. The number of hydrogen-bond donors (Lipinski definition) is 0. The van der Waals surface area contributed by atoms with Crippen molar-refractivity contribution in [2.24, 2.45) is 0 Å². The molecule has 0 saturated carbocycles. The molecule has 0 fully saturated rings. The van der Waals surface area contributed by atoms with Gasteiger partial charge in [0.05, 0.1) is 18.0 Å². The highest BCUT2D eigenvalue weighted by Gasteiger charge is 2.38. The van der Waals surface area contributed by atoms with Crippen molar-refractivity contribution in [1.29, 1.82) is 0 Å². The summed E-state index contributed by atoms with van der Waals surface area (Å²) in [6, 6.07) is 19.8. The van der Waals surface area contributed by atoms with Gasteiger partial charge in [0.2, 0.25) is 0 Å². The van der Waals surface area contributed by atoms with Crippen LogP contribution >= 0.6 is 7.95 Å². The fourth-order valence-corrected chi connectivity index (χ4v) is 4.69. The van der Waals surface area contributed by atoms with E-state index in [-0.39, 0.29) is 5.04 Å². The third kappa shape index (κ3) is 5.24. The minimum atomic E-state index is -1.81. The Morgan fingerprint density at radius 1 is 0.920 bits per heavy atom. The Bertz CT molecular complexity index is 644. The molecule has 0 aromatic heterocycles. The third-order valence-electron chi connectivity index (χ3n) is 4.78. The van der Waals surface area contributed by atoms with E-state index in [1.807, 2.05) is 65.3 Å². The van der Waals surface area contributed by atoms with Gasteiger partial charge >= 0.3 is 7.95 Å². The second-order valence-corrected chi connectivity index (χ2v) is 14.0. The quantitative estimate of drug-likeness (QED) is 0.404. The maximum absolute atomic E-state index is 13.1. The molecule has 0 aliphatic carbocycles. The molecule has 25 heavy (non-hydrogen) atoms. The molecule has 134 valence electrons. The van der Waals surface area contributed by atoms with Gasteiger partial charge in [-0.15, -0.1) is 4.67 Å². The van der Waals surface area contributed by atoms with Crippen LogP contribution in [0.25, 0.3) is 0 Å². The lowest BCUT2D eigenvalue weighted by Crippen LogP contribution is -2.41. The largest absolute Gasteiger partial charge is 0.469 e. The Morgan fingerprint density at radius 3 is 1.76 bits per heavy atom. The first-order chi connectivity index (χ1) is 11.7. The molecule has 0 heterocycles. The van der Waals surface area contributed by atoms with Crippen molar-refractivity contribution in [3.63, 3.8) is 0 Å². The van der Waals surface area contributed by atoms with E-state index < -0.39 is 16.3 Å². The Morgan fingerprint density at radius 2 is 1.36 bits per heavy atom. The molecular weight excluding hydrogens is 345 g/mol. The van der Waals surface area contributed by atoms with E-state index in [4.69, 9.17) is 4.43 Å². The molecule has 0 N–H and O–H groups in total. The Hall–Kier alpha value is -1.48. The second kappa shape index (κ2) is 8.26. The van der Waals surface area contributed by atoms with Crippen molar-refractivity contribution in [2.75, 3.05) is 17.4 Å². The Balaban J connectivity index is 2.12. The molecule has 2 aromatic rings. The number of para-hydroxylation sites is 2. The number of nitrogens with zero attached hydrogens (tertiary/aromatic N) is 1. The fraction of sp³-hybridized carbons (Fsp3) is 0.400. The number of anilines is 2. The average Bonchev–Trinajstić information content (AvgIpc) is 2.56. The van der Waals surface area contributed by atoms with Crippen LogP contribution in [0.5, 0.6) is 0 Å². The van der Waals surface area contributed by atoms with Gasteiger partial charge in [-0.05, 0) is 47.0 Å². The average molecular weight is 375 g/mol. The second-order valence-electron chi connectivity index (χ2n) is 7.67. The van der Waals surface area contributed by atoms with Gasteiger partial charge in [-0.2, -0.15) is 0 Å². The highest BCUT2D eigenvalue weighted by Crippen LogP contribution is 2.41. The van der Waals surface area contributed by atoms with Crippen LogP contribution in [0, 0.1) is 0 Å². The summed E-state index contributed by atoms with van der Waals surface area (Å²) in [5.41, 5.74) is 1.89. The van der Waals surface area contributed by atoms with E-state index in [9.17, 15) is 4.57 Å². The maximum Gasteiger partial charge on any atom is 0.469 e. The minimum Gasteiger partial charge on any atom is -0.412 e. The normalized spacial score (nSPS) is 12.8. The lowest BCUT2D eigenvalue weighted by molar-refractivity contribution is 0.309. The zero-order valence-corrected chi connectivity index (χ0v) is 17.8. The molecule has 0 radical (unpaired) electrons. The number of hydrogen-bond acceptors (Lipinski definition) is 2. The summed E-state index contributed by atoms with van der Waals surface area (Å²) in [6.07, 6.45) is 0.519. The highest BCUT2D eigenvalue weighted by molar-refractivity contribution is 7.47. The predicted octanol–water partition coefficient (Wildman–Crippen LogP) is 6.59. The minimum absolute atomic E-state index is 0.164. The van der Waals surface area contributed by atoms with Crippen LogP contribution in [-0.4, -0.2) is 21.1 Å². The van der Waals surface area contributed by atoms with Crippen LogP contribution in [-0.2, 0) is 8.99 Å². The maximum atomic E-state index is 13.1. The van der Waals surface area contributed by atoms with Gasteiger partial charge in [0.15, 0.2) is 14.5 Å². The lowest BCUT2D eigenvalue weighted by Gasteiger charge is -2.35. The van der Waals surface area contributed by atoms with Gasteiger partial charge in [0.1, 0.15) is 0 Å². The molecule has 1 atom stereocenters. The zero-order chi connectivity index (χ0) is 18.5. The van der Waals surface area contributed by atoms with E-state index in [1.165, 1.54) is 0 Å². The van der Waals surface area contributed by atoms with Crippen molar-refractivity contribution in [1.82, 2.24) is 0 Å². The van der Waals surface area contributed by atoms with Crippen LogP contribution in [0.4, 0.5) is 11.4 Å². The van der Waals surface area contributed by atoms with Gasteiger partial charge in [-0.3, -0.25) is 0 Å². The highest BCUT2D eigenvalue weighted by atomic mass is 31.1. The molecular formula is C20H29NO2PSi+. The van der Waals surface area contributed by atoms with E-state index in [1.54, 1.807) is 0 Å². The van der Waals surface area contributed by atoms with Crippen molar-refractivity contribution < 1.29 is 8.99 Å². The van der Waals surface area contributed by atoms with Gasteiger partial charge in [0.25, 0.3) is 0 Å². The summed E-state index contributed by atoms with van der Waals surface area (Å²) in [5.74, 6) is 0. The summed E-state index contributed by atoms with van der Waals surface area (Å²) in [7, 11) is -3.42. The van der Waals surface area contributed by atoms with Crippen LogP contribution in [0.15, 0.2) is 60.7 Å². The molecule has 0 aliphatic heterocycles. The standard InChI is InChI=1S/C20H29NO2PSi/c1-20(2,3)25(4,5)23-16-17-24(22)21(18-12-8-6-9-13-18)19-14-10-7-11-15-19/h6-15H,16-17H2,1-5H3/q+1.